The Kier molecular flexibility index (Phi) is 3.31. The van der Waals surface area contributed by atoms with E-state index < -0.39 is 0 Å². The molecule has 12 heavy (non-hydrogen) atoms. The zero-order valence-electron chi connectivity index (χ0n) is 7.70. The SMILES string of the molecule is CN(C)Cc1cccn1CCO. The Bertz CT molecular complexity index is 230. The fourth-order valence-corrected chi connectivity index (χ4v) is 1.24. The Hall–Kier alpha value is -0.800. The van der Waals surface area contributed by atoms with Crippen LogP contribution in [0, 0.1) is 0 Å². The van der Waals surface area contributed by atoms with Gasteiger partial charge < -0.3 is 14.6 Å². The summed E-state index contributed by atoms with van der Waals surface area (Å²) < 4.78 is 2.07. The van der Waals surface area contributed by atoms with Gasteiger partial charge in [0.05, 0.1) is 6.61 Å². The second-order valence-electron chi connectivity index (χ2n) is 3.15. The van der Waals surface area contributed by atoms with Crippen LogP contribution in [-0.4, -0.2) is 35.3 Å². The van der Waals surface area contributed by atoms with Crippen molar-refractivity contribution >= 4 is 0 Å². The molecular weight excluding hydrogens is 152 g/mol. The van der Waals surface area contributed by atoms with Gasteiger partial charge in [0, 0.05) is 25.0 Å². The lowest BCUT2D eigenvalue weighted by Gasteiger charge is -2.12. The smallest absolute Gasteiger partial charge is 0.0610 e. The van der Waals surface area contributed by atoms with Crippen molar-refractivity contribution in [3.63, 3.8) is 0 Å². The van der Waals surface area contributed by atoms with Gasteiger partial charge in [0.2, 0.25) is 0 Å². The highest BCUT2D eigenvalue weighted by Gasteiger charge is 2.00. The number of hydrogen-bond donors (Lipinski definition) is 1. The number of aromatic nitrogens is 1. The second-order valence-corrected chi connectivity index (χ2v) is 3.15. The molecule has 0 atom stereocenters. The van der Waals surface area contributed by atoms with E-state index in [4.69, 9.17) is 5.11 Å². The number of rotatable bonds is 4. The van der Waals surface area contributed by atoms with Crippen LogP contribution in [0.1, 0.15) is 5.69 Å². The van der Waals surface area contributed by atoms with Crippen molar-refractivity contribution in [1.29, 1.82) is 0 Å². The Morgan fingerprint density at radius 2 is 2.25 bits per heavy atom. The lowest BCUT2D eigenvalue weighted by molar-refractivity contribution is 0.271. The molecule has 3 nitrogen and oxygen atoms in total. The molecule has 3 heteroatoms. The van der Waals surface area contributed by atoms with Gasteiger partial charge in [-0.2, -0.15) is 0 Å². The van der Waals surface area contributed by atoms with Gasteiger partial charge in [0.1, 0.15) is 0 Å². The molecule has 0 fully saturated rings. The van der Waals surface area contributed by atoms with E-state index in [1.165, 1.54) is 5.69 Å². The van der Waals surface area contributed by atoms with Crippen LogP contribution in [0.5, 0.6) is 0 Å². The minimum absolute atomic E-state index is 0.203. The molecule has 0 aliphatic rings. The van der Waals surface area contributed by atoms with E-state index in [1.807, 2.05) is 26.4 Å². The van der Waals surface area contributed by atoms with Gasteiger partial charge in [0.25, 0.3) is 0 Å². The molecule has 0 aliphatic carbocycles. The monoisotopic (exact) mass is 168 g/mol. The third kappa shape index (κ3) is 2.36. The van der Waals surface area contributed by atoms with Gasteiger partial charge in [-0.15, -0.1) is 0 Å². The maximum Gasteiger partial charge on any atom is 0.0610 e. The fraction of sp³-hybridized carbons (Fsp3) is 0.556. The average Bonchev–Trinajstić information content (AvgIpc) is 2.37. The van der Waals surface area contributed by atoms with Crippen LogP contribution in [0.4, 0.5) is 0 Å². The molecule has 1 N–H and O–H groups in total. The van der Waals surface area contributed by atoms with Gasteiger partial charge >= 0.3 is 0 Å². The fourth-order valence-electron chi connectivity index (χ4n) is 1.24. The van der Waals surface area contributed by atoms with Crippen molar-refractivity contribution in [2.24, 2.45) is 0 Å². The van der Waals surface area contributed by atoms with Crippen molar-refractivity contribution in [3.8, 4) is 0 Å². The Morgan fingerprint density at radius 1 is 1.50 bits per heavy atom. The average molecular weight is 168 g/mol. The van der Waals surface area contributed by atoms with Crippen LogP contribution in [-0.2, 0) is 13.1 Å². The van der Waals surface area contributed by atoms with E-state index in [2.05, 4.69) is 15.5 Å². The summed E-state index contributed by atoms with van der Waals surface area (Å²) in [5.74, 6) is 0. The van der Waals surface area contributed by atoms with E-state index in [-0.39, 0.29) is 6.61 Å². The summed E-state index contributed by atoms with van der Waals surface area (Å²) in [6.07, 6.45) is 2.00. The summed E-state index contributed by atoms with van der Waals surface area (Å²) in [6, 6.07) is 4.09. The molecule has 0 spiro atoms. The van der Waals surface area contributed by atoms with Crippen LogP contribution in [0.25, 0.3) is 0 Å². The van der Waals surface area contributed by atoms with E-state index in [0.29, 0.717) is 6.54 Å². The molecule has 0 saturated heterocycles. The standard InChI is InChI=1S/C9H16N2O/c1-10(2)8-9-4-3-5-11(9)6-7-12/h3-5,12H,6-8H2,1-2H3. The number of aliphatic hydroxyl groups is 1. The van der Waals surface area contributed by atoms with Crippen LogP contribution in [0.15, 0.2) is 18.3 Å². The molecule has 1 heterocycles. The normalized spacial score (nSPS) is 11.0. The number of hydrogen-bond acceptors (Lipinski definition) is 2. The summed E-state index contributed by atoms with van der Waals surface area (Å²) in [6.45, 7) is 1.82. The summed E-state index contributed by atoms with van der Waals surface area (Å²) in [5.41, 5.74) is 1.24. The maximum atomic E-state index is 8.76. The predicted octanol–water partition coefficient (Wildman–Crippen LogP) is 0.542. The zero-order chi connectivity index (χ0) is 8.97. The van der Waals surface area contributed by atoms with E-state index >= 15 is 0 Å². The lowest BCUT2D eigenvalue weighted by Crippen LogP contribution is -2.15. The minimum Gasteiger partial charge on any atom is -0.395 e. The van der Waals surface area contributed by atoms with E-state index in [0.717, 1.165) is 6.54 Å². The lowest BCUT2D eigenvalue weighted by atomic mass is 10.4. The predicted molar refractivity (Wildman–Crippen MR) is 48.9 cm³/mol. The molecule has 0 aliphatic heterocycles. The first-order chi connectivity index (χ1) is 5.74. The van der Waals surface area contributed by atoms with Gasteiger partial charge in [-0.1, -0.05) is 0 Å². The van der Waals surface area contributed by atoms with E-state index in [9.17, 15) is 0 Å². The summed E-state index contributed by atoms with van der Waals surface area (Å²) in [5, 5.41) is 8.76. The summed E-state index contributed by atoms with van der Waals surface area (Å²) >= 11 is 0. The molecule has 0 bridgehead atoms. The maximum absolute atomic E-state index is 8.76. The minimum atomic E-state index is 0.203. The Labute approximate surface area is 73.2 Å². The Morgan fingerprint density at radius 3 is 2.83 bits per heavy atom. The summed E-state index contributed by atoms with van der Waals surface area (Å²) in [7, 11) is 4.08. The first-order valence-electron chi connectivity index (χ1n) is 4.13. The Balaban J connectivity index is 2.63. The topological polar surface area (TPSA) is 28.4 Å². The van der Waals surface area contributed by atoms with E-state index in [1.54, 1.807) is 0 Å². The zero-order valence-corrected chi connectivity index (χ0v) is 7.70. The quantitative estimate of drug-likeness (QED) is 0.711. The molecule has 0 aromatic carbocycles. The van der Waals surface area contributed by atoms with Crippen LogP contribution in [0.3, 0.4) is 0 Å². The largest absolute Gasteiger partial charge is 0.395 e. The van der Waals surface area contributed by atoms with Crippen molar-refractivity contribution in [3.05, 3.63) is 24.0 Å². The van der Waals surface area contributed by atoms with Gasteiger partial charge in [-0.05, 0) is 26.2 Å². The van der Waals surface area contributed by atoms with Crippen molar-refractivity contribution in [2.75, 3.05) is 20.7 Å². The molecule has 0 radical (unpaired) electrons. The molecule has 68 valence electrons. The van der Waals surface area contributed by atoms with Gasteiger partial charge in [-0.3, -0.25) is 0 Å². The third-order valence-corrected chi connectivity index (χ3v) is 1.74. The highest BCUT2D eigenvalue weighted by Crippen LogP contribution is 2.03. The highest BCUT2D eigenvalue weighted by molar-refractivity contribution is 5.06. The molecule has 1 rings (SSSR count). The van der Waals surface area contributed by atoms with Crippen molar-refractivity contribution in [2.45, 2.75) is 13.1 Å². The van der Waals surface area contributed by atoms with Crippen molar-refractivity contribution in [1.82, 2.24) is 9.47 Å². The van der Waals surface area contributed by atoms with Crippen LogP contribution in [0.2, 0.25) is 0 Å². The van der Waals surface area contributed by atoms with Gasteiger partial charge in [-0.25, -0.2) is 0 Å². The molecule has 1 aromatic rings. The second kappa shape index (κ2) is 4.28. The number of aliphatic hydroxyl groups excluding tert-OH is 1. The third-order valence-electron chi connectivity index (χ3n) is 1.74. The molecular formula is C9H16N2O. The first kappa shape index (κ1) is 9.29. The van der Waals surface area contributed by atoms with Gasteiger partial charge in [0.15, 0.2) is 0 Å². The molecule has 0 unspecified atom stereocenters. The molecule has 0 amide bonds. The van der Waals surface area contributed by atoms with Crippen LogP contribution >= 0.6 is 0 Å². The highest BCUT2D eigenvalue weighted by atomic mass is 16.3. The number of nitrogens with zero attached hydrogens (tertiary/aromatic N) is 2. The van der Waals surface area contributed by atoms with Crippen molar-refractivity contribution < 1.29 is 5.11 Å². The molecule has 1 aromatic heterocycles. The molecule has 0 saturated carbocycles. The summed E-state index contributed by atoms with van der Waals surface area (Å²) in [4.78, 5) is 2.11. The first-order valence-corrected chi connectivity index (χ1v) is 4.13. The van der Waals surface area contributed by atoms with Crippen LogP contribution < -0.4 is 0 Å².